The third-order valence-electron chi connectivity index (χ3n) is 2.23. The molecular weight excluding hydrogens is 224 g/mol. The Bertz CT molecular complexity index is 217. The molecular formula is C11H20N2S2. The predicted octanol–water partition coefficient (Wildman–Crippen LogP) is 3.81. The zero-order valence-electron chi connectivity index (χ0n) is 9.48. The summed E-state index contributed by atoms with van der Waals surface area (Å²) in [7, 11) is 3.61. The van der Waals surface area contributed by atoms with Crippen molar-refractivity contribution in [3.63, 3.8) is 0 Å². The van der Waals surface area contributed by atoms with Gasteiger partial charge in [0, 0.05) is 6.04 Å². The minimum atomic E-state index is 0.474. The Labute approximate surface area is 101 Å². The quantitative estimate of drug-likeness (QED) is 0.437. The first kappa shape index (κ1) is 13.0. The Hall–Kier alpha value is -0.0900. The summed E-state index contributed by atoms with van der Waals surface area (Å²) >= 11 is 0. The van der Waals surface area contributed by atoms with Crippen LogP contribution in [0.5, 0.6) is 0 Å². The normalized spacial score (nSPS) is 22.9. The Morgan fingerprint density at radius 2 is 2.53 bits per heavy atom. The van der Waals surface area contributed by atoms with E-state index in [0.717, 1.165) is 0 Å². The first-order valence-electron chi connectivity index (χ1n) is 5.57. The highest BCUT2D eigenvalue weighted by atomic mass is 33.1. The molecule has 0 aromatic heterocycles. The molecule has 86 valence electrons. The van der Waals surface area contributed by atoms with Crippen LogP contribution < -0.4 is 5.32 Å². The second-order valence-electron chi connectivity index (χ2n) is 3.72. The van der Waals surface area contributed by atoms with Crippen LogP contribution in [0.2, 0.25) is 0 Å². The Morgan fingerprint density at radius 1 is 1.67 bits per heavy atom. The fraction of sp³-hybridized carbons (Fsp3) is 0.727. The van der Waals surface area contributed by atoms with E-state index >= 15 is 0 Å². The van der Waals surface area contributed by atoms with Gasteiger partial charge in [0.05, 0.1) is 10.9 Å². The summed E-state index contributed by atoms with van der Waals surface area (Å²) in [5.41, 5.74) is 1.99. The van der Waals surface area contributed by atoms with Crippen LogP contribution in [0.15, 0.2) is 17.3 Å². The monoisotopic (exact) mass is 244 g/mol. The lowest BCUT2D eigenvalue weighted by Crippen LogP contribution is -2.21. The van der Waals surface area contributed by atoms with Crippen LogP contribution in [0.4, 0.5) is 0 Å². The Morgan fingerprint density at radius 3 is 3.20 bits per heavy atom. The van der Waals surface area contributed by atoms with E-state index in [2.05, 4.69) is 36.4 Å². The summed E-state index contributed by atoms with van der Waals surface area (Å²) < 4.78 is 0. The summed E-state index contributed by atoms with van der Waals surface area (Å²) in [6, 6.07) is 0.474. The van der Waals surface area contributed by atoms with Crippen molar-refractivity contribution >= 4 is 27.1 Å². The highest BCUT2D eigenvalue weighted by Crippen LogP contribution is 2.27. The Kier molecular flexibility index (Phi) is 7.01. The largest absolute Gasteiger partial charge is 0.379 e. The summed E-state index contributed by atoms with van der Waals surface area (Å²) in [6.07, 6.45) is 9.04. The fourth-order valence-electron chi connectivity index (χ4n) is 1.38. The van der Waals surface area contributed by atoms with Crippen LogP contribution in [-0.2, 0) is 0 Å². The van der Waals surface area contributed by atoms with Crippen LogP contribution in [0, 0.1) is 0 Å². The molecule has 0 amide bonds. The molecule has 15 heavy (non-hydrogen) atoms. The number of hydrogen-bond acceptors (Lipinski definition) is 4. The van der Waals surface area contributed by atoms with E-state index in [1.54, 1.807) is 10.8 Å². The second-order valence-corrected chi connectivity index (χ2v) is 6.04. The van der Waals surface area contributed by atoms with Gasteiger partial charge in [-0.1, -0.05) is 30.2 Å². The van der Waals surface area contributed by atoms with Gasteiger partial charge >= 0.3 is 0 Å². The molecule has 0 spiro atoms. The first-order valence-corrected chi connectivity index (χ1v) is 7.85. The molecule has 1 aliphatic heterocycles. The van der Waals surface area contributed by atoms with Crippen molar-refractivity contribution in [2.45, 2.75) is 50.9 Å². The van der Waals surface area contributed by atoms with Crippen LogP contribution in [0.3, 0.4) is 0 Å². The zero-order chi connectivity index (χ0) is 10.9. The molecule has 1 aliphatic rings. The van der Waals surface area contributed by atoms with Gasteiger partial charge in [0.15, 0.2) is 0 Å². The molecule has 0 fully saturated rings. The van der Waals surface area contributed by atoms with E-state index in [-0.39, 0.29) is 0 Å². The van der Waals surface area contributed by atoms with Gasteiger partial charge < -0.3 is 5.32 Å². The average molecular weight is 244 g/mol. The summed E-state index contributed by atoms with van der Waals surface area (Å²) in [5, 5.41) is 3.88. The standard InChI is InChI=1S/C11H20N2S2/c1-3-6-10(2)13-9-14-15-11-7-4-5-8-12-11/h5,8-12H,3-4,6-7H2,1-2H3/t10-,11+/m0/s1. The lowest BCUT2D eigenvalue weighted by molar-refractivity contribution is 0.658. The van der Waals surface area contributed by atoms with E-state index in [9.17, 15) is 0 Å². The summed E-state index contributed by atoms with van der Waals surface area (Å²) in [6.45, 7) is 4.37. The summed E-state index contributed by atoms with van der Waals surface area (Å²) in [4.78, 5) is 4.47. The molecule has 1 heterocycles. The zero-order valence-corrected chi connectivity index (χ0v) is 11.1. The van der Waals surface area contributed by atoms with Gasteiger partial charge in [-0.15, -0.1) is 0 Å². The van der Waals surface area contributed by atoms with Crippen molar-refractivity contribution in [3.8, 4) is 0 Å². The van der Waals surface area contributed by atoms with Crippen molar-refractivity contribution < 1.29 is 0 Å². The SMILES string of the molecule is CCC[C@H](C)N=CSS[C@@H]1CCC=CN1. The van der Waals surface area contributed by atoms with E-state index in [1.807, 2.05) is 16.3 Å². The Balaban J connectivity index is 2.07. The van der Waals surface area contributed by atoms with Crippen molar-refractivity contribution in [2.24, 2.45) is 4.99 Å². The molecule has 2 nitrogen and oxygen atoms in total. The maximum Gasteiger partial charge on any atom is 0.0826 e. The highest BCUT2D eigenvalue weighted by molar-refractivity contribution is 8.81. The van der Waals surface area contributed by atoms with E-state index < -0.39 is 0 Å². The van der Waals surface area contributed by atoms with Crippen LogP contribution in [-0.4, -0.2) is 17.0 Å². The smallest absolute Gasteiger partial charge is 0.0826 e. The lowest BCUT2D eigenvalue weighted by atomic mass is 10.2. The van der Waals surface area contributed by atoms with Crippen LogP contribution >= 0.6 is 21.6 Å². The van der Waals surface area contributed by atoms with E-state index in [1.165, 1.54) is 25.7 Å². The minimum Gasteiger partial charge on any atom is -0.379 e. The van der Waals surface area contributed by atoms with Crippen LogP contribution in [0.25, 0.3) is 0 Å². The molecule has 0 aliphatic carbocycles. The number of hydrogen-bond donors (Lipinski definition) is 1. The van der Waals surface area contributed by atoms with Crippen molar-refractivity contribution in [2.75, 3.05) is 0 Å². The number of nitrogens with one attached hydrogen (secondary N) is 1. The van der Waals surface area contributed by atoms with E-state index in [4.69, 9.17) is 0 Å². The number of allylic oxidation sites excluding steroid dienone is 1. The maximum absolute atomic E-state index is 4.47. The lowest BCUT2D eigenvalue weighted by Gasteiger charge is -2.17. The molecule has 0 saturated heterocycles. The maximum atomic E-state index is 4.47. The first-order chi connectivity index (χ1) is 7.33. The number of aliphatic imine (C=N–C) groups is 1. The van der Waals surface area contributed by atoms with Gasteiger partial charge in [0.2, 0.25) is 0 Å². The van der Waals surface area contributed by atoms with Gasteiger partial charge in [-0.25, -0.2) is 0 Å². The summed E-state index contributed by atoms with van der Waals surface area (Å²) in [5.74, 6) is 0. The molecule has 2 atom stereocenters. The van der Waals surface area contributed by atoms with Gasteiger partial charge in [-0.2, -0.15) is 0 Å². The molecule has 1 N–H and O–H groups in total. The second kappa shape index (κ2) is 8.11. The number of rotatable bonds is 6. The molecule has 0 aromatic rings. The molecule has 1 rings (SSSR count). The van der Waals surface area contributed by atoms with Gasteiger partial charge in [-0.05, 0) is 43.2 Å². The topological polar surface area (TPSA) is 24.4 Å². The predicted molar refractivity (Wildman–Crippen MR) is 73.3 cm³/mol. The van der Waals surface area contributed by atoms with Crippen LogP contribution in [0.1, 0.15) is 39.5 Å². The fourth-order valence-corrected chi connectivity index (χ4v) is 3.34. The third-order valence-corrected chi connectivity index (χ3v) is 4.44. The third kappa shape index (κ3) is 6.15. The minimum absolute atomic E-state index is 0.474. The molecule has 0 radical (unpaired) electrons. The molecule has 0 aromatic carbocycles. The molecule has 0 saturated carbocycles. The van der Waals surface area contributed by atoms with E-state index in [0.29, 0.717) is 11.4 Å². The molecule has 0 bridgehead atoms. The van der Waals surface area contributed by atoms with Gasteiger partial charge in [0.25, 0.3) is 0 Å². The molecule has 4 heteroatoms. The van der Waals surface area contributed by atoms with Crippen molar-refractivity contribution in [1.82, 2.24) is 5.32 Å². The van der Waals surface area contributed by atoms with Crippen molar-refractivity contribution in [3.05, 3.63) is 12.3 Å². The van der Waals surface area contributed by atoms with Gasteiger partial charge in [0.1, 0.15) is 0 Å². The average Bonchev–Trinajstić information content (AvgIpc) is 2.26. The molecule has 0 unspecified atom stereocenters. The van der Waals surface area contributed by atoms with Crippen molar-refractivity contribution in [1.29, 1.82) is 0 Å². The highest BCUT2D eigenvalue weighted by Gasteiger charge is 2.08. The van der Waals surface area contributed by atoms with Gasteiger partial charge in [-0.3, -0.25) is 4.99 Å². The number of nitrogens with zero attached hydrogens (tertiary/aromatic N) is 1.